The molecule has 0 aliphatic heterocycles. The van der Waals surface area contributed by atoms with Gasteiger partial charge in [0.05, 0.1) is 0 Å². The van der Waals surface area contributed by atoms with E-state index in [1.807, 2.05) is 6.92 Å². The molecule has 1 atom stereocenters. The highest BCUT2D eigenvalue weighted by atomic mass is 35.5. The molecule has 1 aromatic heterocycles. The van der Waals surface area contributed by atoms with Gasteiger partial charge in [0.2, 0.25) is 6.41 Å². The number of allylic oxidation sites excluding steroid dienone is 1. The van der Waals surface area contributed by atoms with Gasteiger partial charge in [0, 0.05) is 40.4 Å². The number of hydrogen-bond donors (Lipinski definition) is 2. The Morgan fingerprint density at radius 2 is 2.07 bits per heavy atom. The van der Waals surface area contributed by atoms with Crippen LogP contribution in [0, 0.1) is 17.5 Å². The van der Waals surface area contributed by atoms with E-state index in [1.54, 1.807) is 6.07 Å². The molecule has 1 fully saturated rings. The van der Waals surface area contributed by atoms with E-state index < -0.39 is 27.9 Å². The van der Waals surface area contributed by atoms with Crippen molar-refractivity contribution in [3.63, 3.8) is 0 Å². The summed E-state index contributed by atoms with van der Waals surface area (Å²) in [6.45, 7) is 6.06. The fourth-order valence-corrected chi connectivity index (χ4v) is 3.94. The molecule has 0 bridgehead atoms. The van der Waals surface area contributed by atoms with Crippen molar-refractivity contribution in [3.8, 4) is 11.3 Å². The first-order valence-corrected chi connectivity index (χ1v) is 10.1. The van der Waals surface area contributed by atoms with Crippen molar-refractivity contribution < 1.29 is 18.0 Å². The minimum absolute atomic E-state index is 0.223. The van der Waals surface area contributed by atoms with Gasteiger partial charge in [-0.25, -0.2) is 18.2 Å². The Morgan fingerprint density at radius 3 is 2.63 bits per heavy atom. The van der Waals surface area contributed by atoms with Gasteiger partial charge >= 0.3 is 0 Å². The van der Waals surface area contributed by atoms with Gasteiger partial charge in [-0.05, 0) is 37.5 Å². The first kappa shape index (κ1) is 22.2. The molecular formula is C22H23ClF3N3O. The standard InChI is InChI=1S/C22H23ClF3N3O/c1-3-4-13(10-28-11-30)17-9-15(22(7-8-22)12(2)27)20(26)21(29-17)14-5-6-16(24)18(23)19(14)25/h5-6,9,11,13H,2-4,7-8,10,27H2,1H3,(H,28,30). The minimum Gasteiger partial charge on any atom is -0.402 e. The molecule has 1 amide bonds. The monoisotopic (exact) mass is 437 g/mol. The van der Waals surface area contributed by atoms with Crippen molar-refractivity contribution in [2.45, 2.75) is 43.9 Å². The van der Waals surface area contributed by atoms with Crippen LogP contribution in [0.15, 0.2) is 30.5 Å². The predicted molar refractivity (Wildman–Crippen MR) is 111 cm³/mol. The minimum atomic E-state index is -1.08. The lowest BCUT2D eigenvalue weighted by molar-refractivity contribution is -0.109. The largest absolute Gasteiger partial charge is 0.402 e. The third kappa shape index (κ3) is 3.90. The average Bonchev–Trinajstić information content (AvgIpc) is 3.52. The van der Waals surface area contributed by atoms with Crippen LogP contribution in [0.1, 0.15) is 49.8 Å². The predicted octanol–water partition coefficient (Wildman–Crippen LogP) is 4.95. The molecule has 1 aliphatic rings. The van der Waals surface area contributed by atoms with E-state index in [9.17, 15) is 13.6 Å². The molecule has 3 rings (SSSR count). The molecule has 1 heterocycles. The van der Waals surface area contributed by atoms with Gasteiger partial charge in [0.1, 0.15) is 16.5 Å². The Morgan fingerprint density at radius 1 is 1.37 bits per heavy atom. The number of carbonyl (C=O) groups excluding carboxylic acids is 1. The number of nitrogens with two attached hydrogens (primary N) is 1. The molecule has 1 unspecified atom stereocenters. The van der Waals surface area contributed by atoms with Crippen molar-refractivity contribution in [2.75, 3.05) is 6.54 Å². The lowest BCUT2D eigenvalue weighted by Gasteiger charge is -2.23. The fourth-order valence-electron chi connectivity index (χ4n) is 3.78. The molecule has 0 saturated heterocycles. The van der Waals surface area contributed by atoms with Crippen molar-refractivity contribution in [1.29, 1.82) is 0 Å². The first-order valence-electron chi connectivity index (χ1n) is 9.73. The zero-order chi connectivity index (χ0) is 22.1. The zero-order valence-corrected chi connectivity index (χ0v) is 17.3. The topological polar surface area (TPSA) is 68.0 Å². The summed E-state index contributed by atoms with van der Waals surface area (Å²) in [6.07, 6.45) is 3.26. The highest BCUT2D eigenvalue weighted by Crippen LogP contribution is 2.53. The third-order valence-electron chi connectivity index (χ3n) is 5.65. The Hall–Kier alpha value is -2.54. The van der Waals surface area contributed by atoms with Gasteiger partial charge < -0.3 is 11.1 Å². The van der Waals surface area contributed by atoms with Gasteiger partial charge in [0.15, 0.2) is 11.6 Å². The van der Waals surface area contributed by atoms with Crippen LogP contribution in [0.3, 0.4) is 0 Å². The van der Waals surface area contributed by atoms with E-state index in [4.69, 9.17) is 17.3 Å². The average molecular weight is 438 g/mol. The summed E-state index contributed by atoms with van der Waals surface area (Å²) in [5.74, 6) is -2.98. The summed E-state index contributed by atoms with van der Waals surface area (Å²) in [6, 6.07) is 3.71. The number of hydrogen-bond acceptors (Lipinski definition) is 3. The second-order valence-electron chi connectivity index (χ2n) is 7.60. The van der Waals surface area contributed by atoms with Gasteiger partial charge in [-0.3, -0.25) is 4.79 Å². The molecule has 1 saturated carbocycles. The summed E-state index contributed by atoms with van der Waals surface area (Å²) in [7, 11) is 0. The molecule has 4 nitrogen and oxygen atoms in total. The number of rotatable bonds is 9. The number of nitrogens with one attached hydrogen (secondary N) is 1. The zero-order valence-electron chi connectivity index (χ0n) is 16.6. The van der Waals surface area contributed by atoms with Gasteiger partial charge in [-0.15, -0.1) is 0 Å². The second-order valence-corrected chi connectivity index (χ2v) is 7.98. The number of pyridine rings is 1. The number of halogens is 4. The Labute approximate surface area is 178 Å². The molecule has 1 aromatic carbocycles. The van der Waals surface area contributed by atoms with Crippen molar-refractivity contribution in [1.82, 2.24) is 10.3 Å². The normalized spacial score (nSPS) is 15.5. The van der Waals surface area contributed by atoms with E-state index in [0.717, 1.165) is 18.6 Å². The summed E-state index contributed by atoms with van der Waals surface area (Å²) in [5.41, 5.74) is 5.82. The SMILES string of the molecule is C=C(N)C1(c2cc(C(CCC)CNC=O)nc(-c3ccc(F)c(Cl)c3F)c2F)CC1. The smallest absolute Gasteiger partial charge is 0.207 e. The molecule has 8 heteroatoms. The first-order chi connectivity index (χ1) is 14.3. The number of aromatic nitrogens is 1. The lowest BCUT2D eigenvalue weighted by atomic mass is 9.88. The maximum absolute atomic E-state index is 15.6. The Balaban J connectivity index is 2.25. The van der Waals surface area contributed by atoms with Crippen molar-refractivity contribution in [3.05, 3.63) is 64.2 Å². The van der Waals surface area contributed by atoms with Crippen LogP contribution < -0.4 is 11.1 Å². The van der Waals surface area contributed by atoms with E-state index >= 15 is 4.39 Å². The third-order valence-corrected chi connectivity index (χ3v) is 6.00. The number of carbonyl (C=O) groups is 1. The van der Waals surface area contributed by atoms with Crippen molar-refractivity contribution >= 4 is 18.0 Å². The van der Waals surface area contributed by atoms with Crippen LogP contribution >= 0.6 is 11.6 Å². The molecular weight excluding hydrogens is 415 g/mol. The Bertz CT molecular complexity index is 992. The molecule has 0 radical (unpaired) electrons. The number of amides is 1. The van der Waals surface area contributed by atoms with Gasteiger partial charge in [0.25, 0.3) is 0 Å². The van der Waals surface area contributed by atoms with Crippen LogP contribution in [-0.4, -0.2) is 17.9 Å². The highest BCUT2D eigenvalue weighted by Gasteiger charge is 2.48. The van der Waals surface area contributed by atoms with Crippen LogP contribution in [0.4, 0.5) is 13.2 Å². The fraction of sp³-hybridized carbons (Fsp3) is 0.364. The van der Waals surface area contributed by atoms with Crippen LogP contribution in [-0.2, 0) is 10.2 Å². The van der Waals surface area contributed by atoms with Crippen LogP contribution in [0.2, 0.25) is 5.02 Å². The van der Waals surface area contributed by atoms with E-state index in [1.165, 1.54) is 0 Å². The molecule has 2 aromatic rings. The van der Waals surface area contributed by atoms with E-state index in [-0.39, 0.29) is 29.3 Å². The lowest BCUT2D eigenvalue weighted by Crippen LogP contribution is -2.23. The van der Waals surface area contributed by atoms with Crippen molar-refractivity contribution in [2.24, 2.45) is 5.73 Å². The van der Waals surface area contributed by atoms with Gasteiger partial charge in [-0.2, -0.15) is 0 Å². The number of nitrogens with zero attached hydrogens (tertiary/aromatic N) is 1. The van der Waals surface area contributed by atoms with E-state index in [0.29, 0.717) is 37.1 Å². The second kappa shape index (κ2) is 8.68. The highest BCUT2D eigenvalue weighted by molar-refractivity contribution is 6.31. The molecule has 3 N–H and O–H groups in total. The van der Waals surface area contributed by atoms with Gasteiger partial charge in [-0.1, -0.05) is 31.5 Å². The van der Waals surface area contributed by atoms with Crippen LogP contribution in [0.5, 0.6) is 0 Å². The number of benzene rings is 1. The molecule has 1 aliphatic carbocycles. The summed E-state index contributed by atoms with van der Waals surface area (Å²) in [4.78, 5) is 15.2. The summed E-state index contributed by atoms with van der Waals surface area (Å²) >= 11 is 5.71. The van der Waals surface area contributed by atoms with Crippen LogP contribution in [0.25, 0.3) is 11.3 Å². The quantitative estimate of drug-likeness (QED) is 0.430. The summed E-state index contributed by atoms with van der Waals surface area (Å²) in [5, 5.41) is 1.90. The molecule has 0 spiro atoms. The van der Waals surface area contributed by atoms with E-state index in [2.05, 4.69) is 16.9 Å². The maximum atomic E-state index is 15.6. The Kier molecular flexibility index (Phi) is 6.41. The maximum Gasteiger partial charge on any atom is 0.207 e. The summed E-state index contributed by atoms with van der Waals surface area (Å²) < 4.78 is 44.0. The molecule has 160 valence electrons. The molecule has 30 heavy (non-hydrogen) atoms.